The van der Waals surface area contributed by atoms with Crippen molar-refractivity contribution in [2.75, 3.05) is 27.3 Å². The smallest absolute Gasteiger partial charge is 0.323 e. The zero-order valence-corrected chi connectivity index (χ0v) is 11.4. The summed E-state index contributed by atoms with van der Waals surface area (Å²) in [7, 11) is 3.74. The van der Waals surface area contributed by atoms with Gasteiger partial charge in [0.1, 0.15) is 5.54 Å². The van der Waals surface area contributed by atoms with E-state index in [4.69, 9.17) is 15.6 Å². The molecule has 0 rings (SSSR count). The number of carboxylic acids is 1. The predicted octanol–water partition coefficient (Wildman–Crippen LogP) is 0.925. The van der Waals surface area contributed by atoms with E-state index < -0.39 is 11.5 Å². The molecule has 102 valence electrons. The summed E-state index contributed by atoms with van der Waals surface area (Å²) in [5, 5.41) is 8.86. The van der Waals surface area contributed by atoms with Crippen LogP contribution in [0.25, 0.3) is 0 Å². The van der Waals surface area contributed by atoms with E-state index in [-0.39, 0.29) is 0 Å². The van der Waals surface area contributed by atoms with Crippen molar-refractivity contribution in [3.8, 4) is 0 Å². The van der Waals surface area contributed by atoms with Crippen LogP contribution in [0.4, 0.5) is 0 Å². The minimum Gasteiger partial charge on any atom is -0.480 e. The van der Waals surface area contributed by atoms with Crippen LogP contribution >= 0.6 is 0 Å². The van der Waals surface area contributed by atoms with Crippen LogP contribution in [0.3, 0.4) is 0 Å². The minimum absolute atomic E-state index is 0.378. The summed E-state index contributed by atoms with van der Waals surface area (Å²) in [4.78, 5) is 13.0. The van der Waals surface area contributed by atoms with Gasteiger partial charge in [-0.1, -0.05) is 0 Å². The Balaban J connectivity index is 3.74. The van der Waals surface area contributed by atoms with Crippen molar-refractivity contribution in [2.24, 2.45) is 5.73 Å². The fraction of sp³-hybridized carbons (Fsp3) is 0.917. The first kappa shape index (κ1) is 16.4. The van der Waals surface area contributed by atoms with Crippen LogP contribution in [-0.4, -0.2) is 54.9 Å². The van der Waals surface area contributed by atoms with Crippen LogP contribution in [0.15, 0.2) is 0 Å². The number of nitrogens with zero attached hydrogens (tertiary/aromatic N) is 1. The molecule has 0 aliphatic carbocycles. The molecule has 0 amide bonds. The normalized spacial score (nSPS) is 16.8. The van der Waals surface area contributed by atoms with Gasteiger partial charge in [0.25, 0.3) is 0 Å². The van der Waals surface area contributed by atoms with Gasteiger partial charge in [0, 0.05) is 13.2 Å². The molecular formula is C12H26N2O3. The van der Waals surface area contributed by atoms with Gasteiger partial charge in [-0.05, 0) is 46.7 Å². The summed E-state index contributed by atoms with van der Waals surface area (Å²) in [5.74, 6) is -0.932. The molecule has 17 heavy (non-hydrogen) atoms. The number of carboxylic acid groups (broad SMARTS) is 1. The van der Waals surface area contributed by atoms with Crippen LogP contribution in [0.5, 0.6) is 0 Å². The molecular weight excluding hydrogens is 220 g/mol. The number of methoxy groups -OCH3 is 1. The Hall–Kier alpha value is -0.650. The van der Waals surface area contributed by atoms with E-state index in [1.54, 1.807) is 14.0 Å². The highest BCUT2D eigenvalue weighted by Gasteiger charge is 2.26. The average Bonchev–Trinajstić information content (AvgIpc) is 2.24. The standard InChI is InChI=1S/C12H26N2O3/c1-10(9-17-4)14(3)8-6-5-7-12(2,13)11(15)16/h10H,5-9,13H2,1-4H3,(H,15,16). The second-order valence-corrected chi connectivity index (χ2v) is 4.96. The van der Waals surface area contributed by atoms with E-state index in [1.807, 2.05) is 7.05 Å². The lowest BCUT2D eigenvalue weighted by molar-refractivity contribution is -0.142. The fourth-order valence-corrected chi connectivity index (χ4v) is 1.55. The molecule has 0 heterocycles. The second-order valence-electron chi connectivity index (χ2n) is 4.96. The van der Waals surface area contributed by atoms with Gasteiger partial charge in [-0.2, -0.15) is 0 Å². The Bertz CT molecular complexity index is 232. The van der Waals surface area contributed by atoms with Crippen molar-refractivity contribution < 1.29 is 14.6 Å². The van der Waals surface area contributed by atoms with Gasteiger partial charge in [-0.15, -0.1) is 0 Å². The molecule has 2 unspecified atom stereocenters. The summed E-state index contributed by atoms with van der Waals surface area (Å²) >= 11 is 0. The van der Waals surface area contributed by atoms with Gasteiger partial charge in [0.05, 0.1) is 6.61 Å². The number of carbonyl (C=O) groups is 1. The highest BCUT2D eigenvalue weighted by Crippen LogP contribution is 2.11. The van der Waals surface area contributed by atoms with Gasteiger partial charge in [0.15, 0.2) is 0 Å². The van der Waals surface area contributed by atoms with Gasteiger partial charge >= 0.3 is 5.97 Å². The first-order valence-electron chi connectivity index (χ1n) is 6.02. The molecule has 2 atom stereocenters. The molecule has 5 heteroatoms. The molecule has 0 bridgehead atoms. The summed E-state index contributed by atoms with van der Waals surface area (Å²) in [6.07, 6.45) is 2.28. The number of unbranched alkanes of at least 4 members (excludes halogenated alkanes) is 1. The topological polar surface area (TPSA) is 75.8 Å². The maximum absolute atomic E-state index is 10.8. The highest BCUT2D eigenvalue weighted by molar-refractivity contribution is 5.77. The fourth-order valence-electron chi connectivity index (χ4n) is 1.55. The van der Waals surface area contributed by atoms with E-state index in [0.717, 1.165) is 19.4 Å². The molecule has 0 saturated carbocycles. The molecule has 0 fully saturated rings. The lowest BCUT2D eigenvalue weighted by Crippen LogP contribution is -2.44. The highest BCUT2D eigenvalue weighted by atomic mass is 16.5. The Kier molecular flexibility index (Phi) is 7.34. The van der Waals surface area contributed by atoms with Crippen molar-refractivity contribution in [2.45, 2.75) is 44.7 Å². The Morgan fingerprint density at radius 3 is 2.59 bits per heavy atom. The third-order valence-electron chi connectivity index (χ3n) is 3.11. The van der Waals surface area contributed by atoms with Crippen LogP contribution in [0.1, 0.15) is 33.1 Å². The van der Waals surface area contributed by atoms with E-state index in [9.17, 15) is 4.79 Å². The van der Waals surface area contributed by atoms with Crippen LogP contribution in [0.2, 0.25) is 0 Å². The second kappa shape index (κ2) is 7.63. The van der Waals surface area contributed by atoms with E-state index in [0.29, 0.717) is 19.1 Å². The number of hydrogen-bond acceptors (Lipinski definition) is 4. The quantitative estimate of drug-likeness (QED) is 0.592. The third kappa shape index (κ3) is 6.61. The van der Waals surface area contributed by atoms with E-state index in [2.05, 4.69) is 11.8 Å². The molecule has 5 nitrogen and oxygen atoms in total. The number of aliphatic carboxylic acids is 1. The minimum atomic E-state index is -1.10. The molecule has 0 aliphatic rings. The Morgan fingerprint density at radius 2 is 2.12 bits per heavy atom. The molecule has 0 aliphatic heterocycles. The summed E-state index contributed by atoms with van der Waals surface area (Å²) in [6, 6.07) is 0.378. The van der Waals surface area contributed by atoms with Crippen molar-refractivity contribution in [1.82, 2.24) is 4.90 Å². The molecule has 0 spiro atoms. The number of nitrogens with two attached hydrogens (primary N) is 1. The van der Waals surface area contributed by atoms with Crippen LogP contribution in [-0.2, 0) is 9.53 Å². The molecule has 0 aromatic heterocycles. The van der Waals surface area contributed by atoms with E-state index >= 15 is 0 Å². The van der Waals surface area contributed by atoms with Gasteiger partial charge in [-0.25, -0.2) is 0 Å². The zero-order chi connectivity index (χ0) is 13.5. The van der Waals surface area contributed by atoms with Gasteiger partial charge in [0.2, 0.25) is 0 Å². The number of rotatable bonds is 9. The monoisotopic (exact) mass is 246 g/mol. The Labute approximate surface area is 104 Å². The summed E-state index contributed by atoms with van der Waals surface area (Å²) in [6.45, 7) is 5.31. The van der Waals surface area contributed by atoms with Crippen molar-refractivity contribution in [3.05, 3.63) is 0 Å². The Morgan fingerprint density at radius 1 is 1.53 bits per heavy atom. The first-order valence-corrected chi connectivity index (χ1v) is 6.02. The van der Waals surface area contributed by atoms with Gasteiger partial charge < -0.3 is 20.5 Å². The molecule has 0 aromatic carbocycles. The maximum Gasteiger partial charge on any atom is 0.323 e. The largest absolute Gasteiger partial charge is 0.480 e. The summed E-state index contributed by atoms with van der Waals surface area (Å²) in [5.41, 5.74) is 4.55. The van der Waals surface area contributed by atoms with Crippen molar-refractivity contribution in [1.29, 1.82) is 0 Å². The zero-order valence-electron chi connectivity index (χ0n) is 11.4. The lowest BCUT2D eigenvalue weighted by Gasteiger charge is -2.24. The predicted molar refractivity (Wildman–Crippen MR) is 68.0 cm³/mol. The van der Waals surface area contributed by atoms with Crippen LogP contribution in [0, 0.1) is 0 Å². The van der Waals surface area contributed by atoms with E-state index in [1.165, 1.54) is 0 Å². The van der Waals surface area contributed by atoms with Crippen molar-refractivity contribution >= 4 is 5.97 Å². The number of ether oxygens (including phenoxy) is 1. The molecule has 0 aromatic rings. The lowest BCUT2D eigenvalue weighted by atomic mass is 9.96. The summed E-state index contributed by atoms with van der Waals surface area (Å²) < 4.78 is 5.08. The van der Waals surface area contributed by atoms with Gasteiger partial charge in [-0.3, -0.25) is 4.79 Å². The maximum atomic E-state index is 10.8. The van der Waals surface area contributed by atoms with Crippen LogP contribution < -0.4 is 5.73 Å². The van der Waals surface area contributed by atoms with Crippen molar-refractivity contribution in [3.63, 3.8) is 0 Å². The number of hydrogen-bond donors (Lipinski definition) is 2. The molecule has 3 N–H and O–H groups in total. The average molecular weight is 246 g/mol. The first-order chi connectivity index (χ1) is 7.81. The molecule has 0 radical (unpaired) electrons. The number of likely N-dealkylation sites (N-methyl/N-ethyl adjacent to an activating group) is 1. The SMILES string of the molecule is COCC(C)N(C)CCCCC(C)(N)C(=O)O. The molecule has 0 saturated heterocycles. The third-order valence-corrected chi connectivity index (χ3v) is 3.11.